The minimum Gasteiger partial charge on any atom is -0.313 e. The van der Waals surface area contributed by atoms with Gasteiger partial charge in [-0.3, -0.25) is 0 Å². The summed E-state index contributed by atoms with van der Waals surface area (Å²) in [6.45, 7) is 9.00. The van der Waals surface area contributed by atoms with Crippen LogP contribution in [-0.2, 0) is 0 Å². The SMILES string of the molecule is CCCCC(CC)C(NC)c1cc(C)ccc1C. The lowest BCUT2D eigenvalue weighted by atomic mass is 9.84. The van der Waals surface area contributed by atoms with Gasteiger partial charge < -0.3 is 5.32 Å². The molecule has 0 spiro atoms. The molecular weight excluding hydrogens is 218 g/mol. The summed E-state index contributed by atoms with van der Waals surface area (Å²) in [4.78, 5) is 0. The summed E-state index contributed by atoms with van der Waals surface area (Å²) in [5.41, 5.74) is 4.26. The van der Waals surface area contributed by atoms with Crippen molar-refractivity contribution in [2.75, 3.05) is 7.05 Å². The van der Waals surface area contributed by atoms with Gasteiger partial charge in [-0.2, -0.15) is 0 Å². The van der Waals surface area contributed by atoms with Crippen molar-refractivity contribution in [3.63, 3.8) is 0 Å². The molecule has 102 valence electrons. The highest BCUT2D eigenvalue weighted by Crippen LogP contribution is 2.31. The molecule has 1 heteroatoms. The lowest BCUT2D eigenvalue weighted by molar-refractivity contribution is 0.338. The molecule has 18 heavy (non-hydrogen) atoms. The Morgan fingerprint density at radius 2 is 1.89 bits per heavy atom. The van der Waals surface area contributed by atoms with Crippen LogP contribution in [0.15, 0.2) is 18.2 Å². The van der Waals surface area contributed by atoms with E-state index in [1.54, 1.807) is 0 Å². The van der Waals surface area contributed by atoms with Gasteiger partial charge in [0, 0.05) is 6.04 Å². The smallest absolute Gasteiger partial charge is 0.0348 e. The van der Waals surface area contributed by atoms with Crippen LogP contribution in [0.2, 0.25) is 0 Å². The van der Waals surface area contributed by atoms with Crippen LogP contribution in [0.4, 0.5) is 0 Å². The molecule has 0 aromatic heterocycles. The number of hydrogen-bond acceptors (Lipinski definition) is 1. The van der Waals surface area contributed by atoms with Crippen molar-refractivity contribution in [1.82, 2.24) is 5.32 Å². The van der Waals surface area contributed by atoms with Crippen LogP contribution < -0.4 is 5.32 Å². The van der Waals surface area contributed by atoms with Crippen LogP contribution in [0.25, 0.3) is 0 Å². The molecule has 1 rings (SSSR count). The highest BCUT2D eigenvalue weighted by Gasteiger charge is 2.21. The van der Waals surface area contributed by atoms with E-state index in [0.29, 0.717) is 6.04 Å². The minimum atomic E-state index is 0.501. The van der Waals surface area contributed by atoms with E-state index >= 15 is 0 Å². The molecule has 1 aromatic rings. The minimum absolute atomic E-state index is 0.501. The largest absolute Gasteiger partial charge is 0.313 e. The summed E-state index contributed by atoms with van der Waals surface area (Å²) in [7, 11) is 2.10. The predicted molar refractivity (Wildman–Crippen MR) is 81.0 cm³/mol. The molecule has 0 aliphatic carbocycles. The topological polar surface area (TPSA) is 12.0 Å². The van der Waals surface area contributed by atoms with Gasteiger partial charge in [-0.25, -0.2) is 0 Å². The summed E-state index contributed by atoms with van der Waals surface area (Å²) in [5.74, 6) is 0.746. The van der Waals surface area contributed by atoms with Gasteiger partial charge in [0.25, 0.3) is 0 Å². The quantitative estimate of drug-likeness (QED) is 0.731. The molecular formula is C17H29N. The van der Waals surface area contributed by atoms with Gasteiger partial charge in [0.05, 0.1) is 0 Å². The van der Waals surface area contributed by atoms with Crippen LogP contribution in [0.5, 0.6) is 0 Å². The highest BCUT2D eigenvalue weighted by molar-refractivity contribution is 5.33. The maximum Gasteiger partial charge on any atom is 0.0348 e. The fourth-order valence-electron chi connectivity index (χ4n) is 2.81. The average molecular weight is 247 g/mol. The van der Waals surface area contributed by atoms with Gasteiger partial charge in [0.1, 0.15) is 0 Å². The monoisotopic (exact) mass is 247 g/mol. The normalized spacial score (nSPS) is 14.5. The van der Waals surface area contributed by atoms with E-state index < -0.39 is 0 Å². The van der Waals surface area contributed by atoms with Crippen molar-refractivity contribution in [3.8, 4) is 0 Å². The van der Waals surface area contributed by atoms with Crippen molar-refractivity contribution in [3.05, 3.63) is 34.9 Å². The van der Waals surface area contributed by atoms with E-state index in [2.05, 4.69) is 58.3 Å². The average Bonchev–Trinajstić information content (AvgIpc) is 2.38. The predicted octanol–water partition coefficient (Wildman–Crippen LogP) is 4.78. The Morgan fingerprint density at radius 1 is 1.17 bits per heavy atom. The highest BCUT2D eigenvalue weighted by atomic mass is 14.9. The second kappa shape index (κ2) is 7.58. The van der Waals surface area contributed by atoms with E-state index in [9.17, 15) is 0 Å². The zero-order chi connectivity index (χ0) is 13.5. The van der Waals surface area contributed by atoms with Gasteiger partial charge in [0.15, 0.2) is 0 Å². The summed E-state index contributed by atoms with van der Waals surface area (Å²) >= 11 is 0. The van der Waals surface area contributed by atoms with Gasteiger partial charge in [-0.15, -0.1) is 0 Å². The number of hydrogen-bond donors (Lipinski definition) is 1. The molecule has 2 atom stereocenters. The molecule has 0 radical (unpaired) electrons. The molecule has 2 unspecified atom stereocenters. The molecule has 0 amide bonds. The summed E-state index contributed by atoms with van der Waals surface area (Å²) in [6, 6.07) is 7.31. The molecule has 0 aliphatic heterocycles. The molecule has 0 aliphatic rings. The lowest BCUT2D eigenvalue weighted by Crippen LogP contribution is -2.26. The Bertz CT molecular complexity index is 357. The molecule has 1 aromatic carbocycles. The number of aryl methyl sites for hydroxylation is 2. The molecule has 0 fully saturated rings. The Labute approximate surface area is 113 Å². The van der Waals surface area contributed by atoms with Crippen LogP contribution >= 0.6 is 0 Å². The van der Waals surface area contributed by atoms with E-state index in [1.807, 2.05) is 0 Å². The van der Waals surface area contributed by atoms with Crippen molar-refractivity contribution < 1.29 is 0 Å². The first-order valence-electron chi connectivity index (χ1n) is 7.38. The van der Waals surface area contributed by atoms with Crippen molar-refractivity contribution in [2.24, 2.45) is 5.92 Å². The van der Waals surface area contributed by atoms with Crippen molar-refractivity contribution in [1.29, 1.82) is 0 Å². The van der Waals surface area contributed by atoms with Gasteiger partial charge >= 0.3 is 0 Å². The molecule has 1 N–H and O–H groups in total. The van der Waals surface area contributed by atoms with E-state index in [1.165, 1.54) is 42.4 Å². The Hall–Kier alpha value is -0.820. The third-order valence-electron chi connectivity index (χ3n) is 4.01. The lowest BCUT2D eigenvalue weighted by Gasteiger charge is -2.28. The maximum atomic E-state index is 3.55. The van der Waals surface area contributed by atoms with Gasteiger partial charge in [-0.05, 0) is 44.4 Å². The number of unbranched alkanes of at least 4 members (excludes halogenated alkanes) is 1. The van der Waals surface area contributed by atoms with Gasteiger partial charge in [0.2, 0.25) is 0 Å². The molecule has 0 bridgehead atoms. The maximum absolute atomic E-state index is 3.55. The molecule has 0 saturated carbocycles. The Morgan fingerprint density at radius 3 is 2.44 bits per heavy atom. The van der Waals surface area contributed by atoms with Gasteiger partial charge in [-0.1, -0.05) is 56.9 Å². The second-order valence-electron chi connectivity index (χ2n) is 5.44. The van der Waals surface area contributed by atoms with Crippen LogP contribution in [0, 0.1) is 19.8 Å². The van der Waals surface area contributed by atoms with Crippen molar-refractivity contribution >= 4 is 0 Å². The van der Waals surface area contributed by atoms with Crippen molar-refractivity contribution in [2.45, 2.75) is 59.4 Å². The van der Waals surface area contributed by atoms with E-state index in [4.69, 9.17) is 0 Å². The summed E-state index contributed by atoms with van der Waals surface area (Å²) in [6.07, 6.45) is 5.20. The first kappa shape index (κ1) is 15.2. The van der Waals surface area contributed by atoms with Crippen LogP contribution in [0.3, 0.4) is 0 Å². The Balaban J connectivity index is 2.95. The molecule has 0 saturated heterocycles. The van der Waals surface area contributed by atoms with E-state index in [0.717, 1.165) is 5.92 Å². The summed E-state index contributed by atoms with van der Waals surface area (Å²) in [5, 5.41) is 3.55. The van der Waals surface area contributed by atoms with E-state index in [-0.39, 0.29) is 0 Å². The number of benzene rings is 1. The third kappa shape index (κ3) is 3.84. The molecule has 0 heterocycles. The summed E-state index contributed by atoms with van der Waals surface area (Å²) < 4.78 is 0. The fraction of sp³-hybridized carbons (Fsp3) is 0.647. The zero-order valence-corrected chi connectivity index (χ0v) is 12.7. The number of nitrogens with one attached hydrogen (secondary N) is 1. The first-order valence-corrected chi connectivity index (χ1v) is 7.38. The fourth-order valence-corrected chi connectivity index (χ4v) is 2.81. The Kier molecular flexibility index (Phi) is 6.42. The standard InChI is InChI=1S/C17H29N/c1-6-8-9-15(7-2)17(18-5)16-12-13(3)10-11-14(16)4/h10-12,15,17-18H,6-9H2,1-5H3. The second-order valence-corrected chi connectivity index (χ2v) is 5.44. The van der Waals surface area contributed by atoms with Crippen LogP contribution in [0.1, 0.15) is 62.3 Å². The molecule has 1 nitrogen and oxygen atoms in total. The zero-order valence-electron chi connectivity index (χ0n) is 12.7. The third-order valence-corrected chi connectivity index (χ3v) is 4.01. The number of rotatable bonds is 7. The first-order chi connectivity index (χ1) is 8.63. The van der Waals surface area contributed by atoms with Crippen LogP contribution in [-0.4, -0.2) is 7.05 Å².